The highest BCUT2D eigenvalue weighted by molar-refractivity contribution is 7.12. The average molecular weight is 410 g/mol. The van der Waals surface area contributed by atoms with Crippen molar-refractivity contribution in [2.45, 2.75) is 13.1 Å². The summed E-state index contributed by atoms with van der Waals surface area (Å²) >= 11 is 1.31. The summed E-state index contributed by atoms with van der Waals surface area (Å²) in [6, 6.07) is 15.9. The van der Waals surface area contributed by atoms with Crippen molar-refractivity contribution in [2.24, 2.45) is 0 Å². The standard InChI is InChI=1S/C22H22N2O4S/c1-14-6-8-15(9-7-14)20(25)21(24-22(26)19-5-4-12-29-19)23-17-13-16(27-2)10-11-18(17)28-3/h4-13,21,23H,1-3H3,(H,24,26)/t21-/m0/s1. The van der Waals surface area contributed by atoms with Gasteiger partial charge in [-0.3, -0.25) is 9.59 Å². The fourth-order valence-electron chi connectivity index (χ4n) is 2.74. The minimum Gasteiger partial charge on any atom is -0.497 e. The summed E-state index contributed by atoms with van der Waals surface area (Å²) in [6.45, 7) is 1.95. The number of amides is 1. The van der Waals surface area contributed by atoms with Crippen LogP contribution in [0.2, 0.25) is 0 Å². The smallest absolute Gasteiger partial charge is 0.263 e. The third kappa shape index (κ3) is 4.94. The van der Waals surface area contributed by atoms with Crippen LogP contribution < -0.4 is 20.1 Å². The van der Waals surface area contributed by atoms with Gasteiger partial charge in [-0.1, -0.05) is 35.9 Å². The summed E-state index contributed by atoms with van der Waals surface area (Å²) in [6.07, 6.45) is -0.992. The maximum atomic E-state index is 13.2. The van der Waals surface area contributed by atoms with Crippen LogP contribution in [0.3, 0.4) is 0 Å². The van der Waals surface area contributed by atoms with Gasteiger partial charge in [0.05, 0.1) is 24.8 Å². The zero-order valence-electron chi connectivity index (χ0n) is 16.4. The SMILES string of the molecule is COc1ccc(OC)c(N[C@@H](NC(=O)c2cccs2)C(=O)c2ccc(C)cc2)c1. The Morgan fingerprint density at radius 1 is 1.00 bits per heavy atom. The number of hydrogen-bond donors (Lipinski definition) is 2. The van der Waals surface area contributed by atoms with E-state index in [4.69, 9.17) is 9.47 Å². The molecule has 0 spiro atoms. The minimum absolute atomic E-state index is 0.264. The first-order valence-electron chi connectivity index (χ1n) is 8.95. The third-order valence-corrected chi connectivity index (χ3v) is 5.19. The molecule has 0 unspecified atom stereocenters. The lowest BCUT2D eigenvalue weighted by atomic mass is 10.1. The molecule has 1 heterocycles. The molecule has 0 saturated heterocycles. The number of hydrogen-bond acceptors (Lipinski definition) is 6. The molecular weight excluding hydrogens is 388 g/mol. The number of nitrogens with one attached hydrogen (secondary N) is 2. The van der Waals surface area contributed by atoms with Gasteiger partial charge in [-0.25, -0.2) is 0 Å². The number of rotatable bonds is 8. The molecule has 0 fully saturated rings. The summed E-state index contributed by atoms with van der Waals surface area (Å²) in [5.41, 5.74) is 2.06. The molecule has 0 radical (unpaired) electrons. The first kappa shape index (κ1) is 20.4. The minimum atomic E-state index is -0.992. The predicted molar refractivity (Wildman–Crippen MR) is 114 cm³/mol. The lowest BCUT2D eigenvalue weighted by Gasteiger charge is -2.22. The van der Waals surface area contributed by atoms with Gasteiger partial charge in [-0.05, 0) is 30.5 Å². The molecular formula is C22H22N2O4S. The van der Waals surface area contributed by atoms with Gasteiger partial charge in [-0.2, -0.15) is 0 Å². The Balaban J connectivity index is 1.93. The quantitative estimate of drug-likeness (QED) is 0.431. The number of thiophene rings is 1. The molecule has 2 N–H and O–H groups in total. The highest BCUT2D eigenvalue weighted by atomic mass is 32.1. The molecule has 2 aromatic carbocycles. The lowest BCUT2D eigenvalue weighted by Crippen LogP contribution is -2.46. The van der Waals surface area contributed by atoms with Crippen LogP contribution in [0.25, 0.3) is 0 Å². The zero-order chi connectivity index (χ0) is 20.8. The summed E-state index contributed by atoms with van der Waals surface area (Å²) in [4.78, 5) is 26.3. The number of ether oxygens (including phenoxy) is 2. The van der Waals surface area contributed by atoms with E-state index in [0.29, 0.717) is 27.6 Å². The molecule has 0 saturated carbocycles. The lowest BCUT2D eigenvalue weighted by molar-refractivity contribution is 0.0871. The largest absolute Gasteiger partial charge is 0.497 e. The predicted octanol–water partition coefficient (Wildman–Crippen LogP) is 4.12. The number of methoxy groups -OCH3 is 2. The van der Waals surface area contributed by atoms with E-state index in [-0.39, 0.29) is 11.7 Å². The van der Waals surface area contributed by atoms with Crippen LogP contribution in [-0.2, 0) is 0 Å². The van der Waals surface area contributed by atoms with E-state index in [0.717, 1.165) is 5.56 Å². The van der Waals surface area contributed by atoms with Crippen molar-refractivity contribution in [1.82, 2.24) is 5.32 Å². The Bertz CT molecular complexity index is 985. The Morgan fingerprint density at radius 3 is 2.38 bits per heavy atom. The van der Waals surface area contributed by atoms with Crippen LogP contribution in [0.15, 0.2) is 60.0 Å². The molecule has 0 aliphatic carbocycles. The number of benzene rings is 2. The summed E-state index contributed by atoms with van der Waals surface area (Å²) in [5, 5.41) is 7.69. The number of Topliss-reactive ketones (excluding diaryl/α,β-unsaturated/α-hetero) is 1. The van der Waals surface area contributed by atoms with Crippen molar-refractivity contribution in [3.8, 4) is 11.5 Å². The molecule has 150 valence electrons. The highest BCUT2D eigenvalue weighted by Crippen LogP contribution is 2.29. The van der Waals surface area contributed by atoms with Crippen molar-refractivity contribution in [2.75, 3.05) is 19.5 Å². The van der Waals surface area contributed by atoms with Crippen LogP contribution in [0.1, 0.15) is 25.6 Å². The van der Waals surface area contributed by atoms with Crippen LogP contribution in [0, 0.1) is 6.92 Å². The average Bonchev–Trinajstić information content (AvgIpc) is 3.28. The highest BCUT2D eigenvalue weighted by Gasteiger charge is 2.24. The van der Waals surface area contributed by atoms with E-state index in [9.17, 15) is 9.59 Å². The maximum absolute atomic E-state index is 13.2. The molecule has 1 atom stereocenters. The molecule has 3 rings (SSSR count). The Kier molecular flexibility index (Phi) is 6.51. The van der Waals surface area contributed by atoms with E-state index < -0.39 is 6.17 Å². The maximum Gasteiger partial charge on any atom is 0.263 e. The van der Waals surface area contributed by atoms with E-state index in [1.54, 1.807) is 49.6 Å². The van der Waals surface area contributed by atoms with Crippen LogP contribution in [0.4, 0.5) is 5.69 Å². The number of aryl methyl sites for hydroxylation is 1. The van der Waals surface area contributed by atoms with E-state index in [2.05, 4.69) is 10.6 Å². The van der Waals surface area contributed by atoms with Gasteiger partial charge in [0.1, 0.15) is 11.5 Å². The second kappa shape index (κ2) is 9.25. The fraction of sp³-hybridized carbons (Fsp3) is 0.182. The van der Waals surface area contributed by atoms with E-state index >= 15 is 0 Å². The van der Waals surface area contributed by atoms with Gasteiger partial charge in [0.25, 0.3) is 5.91 Å². The van der Waals surface area contributed by atoms with Crippen molar-refractivity contribution < 1.29 is 19.1 Å². The molecule has 0 aliphatic heterocycles. The third-order valence-electron chi connectivity index (χ3n) is 4.33. The van der Waals surface area contributed by atoms with Gasteiger partial charge in [0.2, 0.25) is 5.78 Å². The Morgan fingerprint density at radius 2 is 1.76 bits per heavy atom. The monoisotopic (exact) mass is 410 g/mol. The second-order valence-electron chi connectivity index (χ2n) is 6.32. The number of carbonyl (C=O) groups excluding carboxylic acids is 2. The van der Waals surface area contributed by atoms with E-state index in [1.807, 2.05) is 24.4 Å². The normalized spacial score (nSPS) is 11.4. The molecule has 1 aromatic heterocycles. The molecule has 0 bridgehead atoms. The summed E-state index contributed by atoms with van der Waals surface area (Å²) < 4.78 is 10.7. The molecule has 6 nitrogen and oxygen atoms in total. The Hall–Kier alpha value is -3.32. The van der Waals surface area contributed by atoms with Gasteiger partial charge in [0.15, 0.2) is 6.17 Å². The van der Waals surface area contributed by atoms with Gasteiger partial charge in [0, 0.05) is 11.6 Å². The van der Waals surface area contributed by atoms with Gasteiger partial charge >= 0.3 is 0 Å². The zero-order valence-corrected chi connectivity index (χ0v) is 17.2. The second-order valence-corrected chi connectivity index (χ2v) is 7.27. The van der Waals surface area contributed by atoms with Crippen molar-refractivity contribution in [1.29, 1.82) is 0 Å². The van der Waals surface area contributed by atoms with Crippen molar-refractivity contribution in [3.63, 3.8) is 0 Å². The molecule has 0 aliphatic rings. The molecule has 7 heteroatoms. The van der Waals surface area contributed by atoms with Gasteiger partial charge < -0.3 is 20.1 Å². The molecule has 29 heavy (non-hydrogen) atoms. The van der Waals surface area contributed by atoms with E-state index in [1.165, 1.54) is 18.4 Å². The number of ketones is 1. The first-order valence-corrected chi connectivity index (χ1v) is 9.83. The summed E-state index contributed by atoms with van der Waals surface area (Å²) in [7, 11) is 3.09. The molecule has 3 aromatic rings. The first-order chi connectivity index (χ1) is 14.0. The van der Waals surface area contributed by atoms with Crippen LogP contribution >= 0.6 is 11.3 Å². The van der Waals surface area contributed by atoms with Crippen molar-refractivity contribution >= 4 is 28.7 Å². The van der Waals surface area contributed by atoms with Crippen LogP contribution in [-0.4, -0.2) is 32.1 Å². The fourth-order valence-corrected chi connectivity index (χ4v) is 3.37. The topological polar surface area (TPSA) is 76.7 Å². The van der Waals surface area contributed by atoms with Gasteiger partial charge in [-0.15, -0.1) is 11.3 Å². The van der Waals surface area contributed by atoms with Crippen molar-refractivity contribution in [3.05, 3.63) is 76.0 Å². The summed E-state index contributed by atoms with van der Waals surface area (Å²) in [5.74, 6) is 0.525. The van der Waals surface area contributed by atoms with Crippen LogP contribution in [0.5, 0.6) is 11.5 Å². The Labute approximate surface area is 173 Å². The number of anilines is 1. The molecule has 1 amide bonds. The number of carbonyl (C=O) groups is 2.